The SMILES string of the molecule is COc1cccc(S(=O)(=O)N2C[C@@H]3C[C@H]2C[C@@H]3NC(=O)c2ccccc2)c1. The maximum Gasteiger partial charge on any atom is 0.251 e. The summed E-state index contributed by atoms with van der Waals surface area (Å²) in [4.78, 5) is 12.6. The van der Waals surface area contributed by atoms with Crippen LogP contribution in [0.25, 0.3) is 0 Å². The minimum atomic E-state index is -3.57. The van der Waals surface area contributed by atoms with E-state index in [9.17, 15) is 13.2 Å². The maximum absolute atomic E-state index is 13.0. The van der Waals surface area contributed by atoms with Gasteiger partial charge in [-0.05, 0) is 43.0 Å². The van der Waals surface area contributed by atoms with Gasteiger partial charge in [-0.3, -0.25) is 4.79 Å². The molecule has 1 heterocycles. The number of carbonyl (C=O) groups is 1. The number of sulfonamides is 1. The molecule has 2 aliphatic rings. The minimum absolute atomic E-state index is 0.0134. The Bertz CT molecular complexity index is 945. The fourth-order valence-electron chi connectivity index (χ4n) is 4.12. The third-order valence-electron chi connectivity index (χ3n) is 5.49. The highest BCUT2D eigenvalue weighted by atomic mass is 32.2. The van der Waals surface area contributed by atoms with E-state index < -0.39 is 10.0 Å². The van der Waals surface area contributed by atoms with Crippen molar-refractivity contribution in [3.63, 3.8) is 0 Å². The number of nitrogens with one attached hydrogen (secondary N) is 1. The molecule has 1 aliphatic heterocycles. The molecule has 0 aromatic heterocycles. The average molecular weight is 386 g/mol. The van der Waals surface area contributed by atoms with Gasteiger partial charge in [-0.15, -0.1) is 0 Å². The van der Waals surface area contributed by atoms with Gasteiger partial charge in [-0.2, -0.15) is 4.31 Å². The summed E-state index contributed by atoms with van der Waals surface area (Å²) in [5.41, 5.74) is 0.626. The summed E-state index contributed by atoms with van der Waals surface area (Å²) < 4.78 is 32.8. The van der Waals surface area contributed by atoms with Gasteiger partial charge in [-0.25, -0.2) is 8.42 Å². The van der Waals surface area contributed by atoms with Crippen LogP contribution in [0.1, 0.15) is 23.2 Å². The van der Waals surface area contributed by atoms with Crippen molar-refractivity contribution < 1.29 is 17.9 Å². The molecule has 1 N–H and O–H groups in total. The van der Waals surface area contributed by atoms with Gasteiger partial charge >= 0.3 is 0 Å². The molecular weight excluding hydrogens is 364 g/mol. The number of benzene rings is 2. The lowest BCUT2D eigenvalue weighted by molar-refractivity contribution is 0.0919. The summed E-state index contributed by atoms with van der Waals surface area (Å²) in [7, 11) is -2.05. The van der Waals surface area contributed by atoms with Crippen molar-refractivity contribution in [1.82, 2.24) is 9.62 Å². The van der Waals surface area contributed by atoms with Crippen LogP contribution in [0, 0.1) is 5.92 Å². The number of carbonyl (C=O) groups excluding carboxylic acids is 1. The number of hydrogen-bond donors (Lipinski definition) is 1. The Labute approximate surface area is 159 Å². The van der Waals surface area contributed by atoms with Crippen LogP contribution in [0.2, 0.25) is 0 Å². The zero-order valence-corrected chi connectivity index (χ0v) is 15.9. The van der Waals surface area contributed by atoms with Gasteiger partial charge in [0.2, 0.25) is 10.0 Å². The van der Waals surface area contributed by atoms with E-state index in [2.05, 4.69) is 5.32 Å². The monoisotopic (exact) mass is 386 g/mol. The number of fused-ring (bicyclic) bond motifs is 2. The second-order valence-corrected chi connectivity index (χ2v) is 8.98. The molecule has 0 unspecified atom stereocenters. The summed E-state index contributed by atoms with van der Waals surface area (Å²) >= 11 is 0. The van der Waals surface area contributed by atoms with E-state index in [-0.39, 0.29) is 28.8 Å². The molecule has 6 nitrogen and oxygen atoms in total. The normalized spacial score (nSPS) is 24.7. The van der Waals surface area contributed by atoms with Crippen molar-refractivity contribution >= 4 is 15.9 Å². The predicted octanol–water partition coefficient (Wildman–Crippen LogP) is 2.28. The topological polar surface area (TPSA) is 75.7 Å². The molecule has 0 radical (unpaired) electrons. The Balaban J connectivity index is 1.46. The molecule has 0 spiro atoms. The number of hydrogen-bond acceptors (Lipinski definition) is 4. The standard InChI is InChI=1S/C20H22N2O4S/c1-26-17-8-5-9-18(12-17)27(24,25)22-13-15-10-16(22)11-19(15)21-20(23)14-6-3-2-4-7-14/h2-9,12,15-16,19H,10-11,13H2,1H3,(H,21,23)/t15-,16-,19-/m0/s1. The highest BCUT2D eigenvalue weighted by molar-refractivity contribution is 7.89. The molecule has 2 aromatic carbocycles. The summed E-state index contributed by atoms with van der Waals surface area (Å²) in [6, 6.07) is 15.6. The fraction of sp³-hybridized carbons (Fsp3) is 0.350. The van der Waals surface area contributed by atoms with Crippen molar-refractivity contribution in [3.8, 4) is 5.75 Å². The largest absolute Gasteiger partial charge is 0.497 e. The molecule has 4 rings (SSSR count). The Morgan fingerprint density at radius 2 is 1.89 bits per heavy atom. The van der Waals surface area contributed by atoms with Gasteiger partial charge in [0.05, 0.1) is 12.0 Å². The van der Waals surface area contributed by atoms with E-state index >= 15 is 0 Å². The van der Waals surface area contributed by atoms with Crippen LogP contribution >= 0.6 is 0 Å². The number of methoxy groups -OCH3 is 1. The number of amides is 1. The molecular formula is C20H22N2O4S. The minimum Gasteiger partial charge on any atom is -0.497 e. The predicted molar refractivity (Wildman–Crippen MR) is 101 cm³/mol. The molecule has 3 atom stereocenters. The summed E-state index contributed by atoms with van der Waals surface area (Å²) in [6.07, 6.45) is 1.43. The highest BCUT2D eigenvalue weighted by Gasteiger charge is 2.49. The first-order valence-corrected chi connectivity index (χ1v) is 10.4. The van der Waals surface area contributed by atoms with E-state index in [4.69, 9.17) is 4.74 Å². The van der Waals surface area contributed by atoms with Crippen molar-refractivity contribution in [2.24, 2.45) is 5.92 Å². The lowest BCUT2D eigenvalue weighted by Crippen LogP contribution is -2.47. The smallest absolute Gasteiger partial charge is 0.251 e. The van der Waals surface area contributed by atoms with Crippen LogP contribution < -0.4 is 10.1 Å². The van der Waals surface area contributed by atoms with E-state index in [1.54, 1.807) is 40.7 Å². The van der Waals surface area contributed by atoms with Gasteiger partial charge in [0.1, 0.15) is 5.75 Å². The molecule has 1 saturated carbocycles. The van der Waals surface area contributed by atoms with Crippen LogP contribution in [0.3, 0.4) is 0 Å². The molecule has 1 amide bonds. The van der Waals surface area contributed by atoms with E-state index in [0.717, 1.165) is 6.42 Å². The van der Waals surface area contributed by atoms with Crippen molar-refractivity contribution in [2.45, 2.75) is 29.8 Å². The molecule has 2 fully saturated rings. The second-order valence-electron chi connectivity index (χ2n) is 7.08. The fourth-order valence-corrected chi connectivity index (χ4v) is 5.86. The van der Waals surface area contributed by atoms with E-state index in [1.165, 1.54) is 7.11 Å². The van der Waals surface area contributed by atoms with Crippen LogP contribution in [0.15, 0.2) is 59.5 Å². The third kappa shape index (κ3) is 3.33. The van der Waals surface area contributed by atoms with Crippen LogP contribution in [0.4, 0.5) is 0 Å². The molecule has 2 bridgehead atoms. The van der Waals surface area contributed by atoms with E-state index in [1.807, 2.05) is 18.2 Å². The van der Waals surface area contributed by atoms with Gasteiger partial charge < -0.3 is 10.1 Å². The number of ether oxygens (including phenoxy) is 1. The van der Waals surface area contributed by atoms with E-state index in [0.29, 0.717) is 24.3 Å². The summed E-state index contributed by atoms with van der Waals surface area (Å²) in [5.74, 6) is 0.562. The Morgan fingerprint density at radius 3 is 2.56 bits per heavy atom. The van der Waals surface area contributed by atoms with Gasteiger partial charge in [0.15, 0.2) is 0 Å². The molecule has 2 aromatic rings. The van der Waals surface area contributed by atoms with Crippen LogP contribution in [-0.2, 0) is 10.0 Å². The molecule has 142 valence electrons. The first-order chi connectivity index (χ1) is 13.0. The molecule has 7 heteroatoms. The zero-order chi connectivity index (χ0) is 19.0. The third-order valence-corrected chi connectivity index (χ3v) is 7.41. The highest BCUT2D eigenvalue weighted by Crippen LogP contribution is 2.41. The van der Waals surface area contributed by atoms with Gasteiger partial charge in [-0.1, -0.05) is 24.3 Å². The first kappa shape index (κ1) is 18.0. The zero-order valence-electron chi connectivity index (χ0n) is 15.0. The molecule has 27 heavy (non-hydrogen) atoms. The Hall–Kier alpha value is -2.38. The quantitative estimate of drug-likeness (QED) is 0.855. The second kappa shape index (κ2) is 6.98. The first-order valence-electron chi connectivity index (χ1n) is 9.01. The lowest BCUT2D eigenvalue weighted by atomic mass is 10.0. The van der Waals surface area contributed by atoms with Crippen molar-refractivity contribution in [3.05, 3.63) is 60.2 Å². The number of rotatable bonds is 5. The number of nitrogens with zero attached hydrogens (tertiary/aromatic N) is 1. The maximum atomic E-state index is 13.0. The van der Waals surface area contributed by atoms with Crippen LogP contribution in [0.5, 0.6) is 5.75 Å². The lowest BCUT2D eigenvalue weighted by Gasteiger charge is -2.31. The average Bonchev–Trinajstić information content (AvgIpc) is 3.29. The van der Waals surface area contributed by atoms with Crippen LogP contribution in [-0.4, -0.2) is 44.4 Å². The summed E-state index contributed by atoms with van der Waals surface area (Å²) in [6.45, 7) is 0.434. The molecule has 1 aliphatic carbocycles. The summed E-state index contributed by atoms with van der Waals surface area (Å²) in [5, 5.41) is 3.08. The van der Waals surface area contributed by atoms with Gasteiger partial charge in [0, 0.05) is 30.3 Å². The molecule has 1 saturated heterocycles. The Morgan fingerprint density at radius 1 is 1.11 bits per heavy atom. The number of piperidine rings is 1. The van der Waals surface area contributed by atoms with Crippen molar-refractivity contribution in [1.29, 1.82) is 0 Å². The van der Waals surface area contributed by atoms with Gasteiger partial charge in [0.25, 0.3) is 5.91 Å². The van der Waals surface area contributed by atoms with Crippen molar-refractivity contribution in [2.75, 3.05) is 13.7 Å². The Kier molecular flexibility index (Phi) is 4.65.